The number of halogens is 1. The third kappa shape index (κ3) is 5.62. The fourth-order valence-electron chi connectivity index (χ4n) is 5.27. The molecular weight excluding hydrogens is 655 g/mol. The molecule has 4 aromatic rings. The maximum absolute atomic E-state index is 12.7. The van der Waals surface area contributed by atoms with Crippen LogP contribution in [0.2, 0.25) is 0 Å². The number of ether oxygens (including phenoxy) is 5. The SMILES string of the molecule is COc1ccc(C(OC[C@H]2O[C@@H](n3cc(I)c(=O)[nH]c3=O)[C@@H](OC)C2O)(c2ccccc2)c2ccc(OC)cc2)cc1. The van der Waals surface area contributed by atoms with E-state index in [-0.39, 0.29) is 6.61 Å². The summed E-state index contributed by atoms with van der Waals surface area (Å²) in [5.41, 5.74) is 0.177. The number of benzene rings is 3. The van der Waals surface area contributed by atoms with Gasteiger partial charge in [0.05, 0.1) is 24.4 Å². The first-order chi connectivity index (χ1) is 20.3. The maximum atomic E-state index is 12.7. The third-order valence-electron chi connectivity index (χ3n) is 7.42. The third-order valence-corrected chi connectivity index (χ3v) is 8.19. The minimum absolute atomic E-state index is 0.0698. The van der Waals surface area contributed by atoms with Gasteiger partial charge in [0.25, 0.3) is 5.56 Å². The summed E-state index contributed by atoms with van der Waals surface area (Å²) >= 11 is 1.83. The van der Waals surface area contributed by atoms with Crippen LogP contribution in [0.4, 0.5) is 0 Å². The molecule has 2 heterocycles. The minimum atomic E-state index is -1.14. The van der Waals surface area contributed by atoms with Crippen molar-refractivity contribution in [2.24, 2.45) is 0 Å². The van der Waals surface area contributed by atoms with Crippen LogP contribution in [0.15, 0.2) is 94.6 Å². The van der Waals surface area contributed by atoms with Crippen LogP contribution in [0.25, 0.3) is 0 Å². The molecule has 10 nitrogen and oxygen atoms in total. The molecule has 11 heteroatoms. The molecule has 0 bridgehead atoms. The van der Waals surface area contributed by atoms with Crippen molar-refractivity contribution >= 4 is 22.6 Å². The number of nitrogens with one attached hydrogen (secondary N) is 1. The van der Waals surface area contributed by atoms with Gasteiger partial charge in [-0.05, 0) is 63.5 Å². The Morgan fingerprint density at radius 2 is 1.43 bits per heavy atom. The van der Waals surface area contributed by atoms with Crippen LogP contribution in [0.1, 0.15) is 22.9 Å². The van der Waals surface area contributed by atoms with Gasteiger partial charge in [0.1, 0.15) is 35.4 Å². The van der Waals surface area contributed by atoms with Crippen LogP contribution in [-0.2, 0) is 19.8 Å². The van der Waals surface area contributed by atoms with Gasteiger partial charge in [-0.25, -0.2) is 4.79 Å². The highest BCUT2D eigenvalue weighted by Gasteiger charge is 2.47. The van der Waals surface area contributed by atoms with E-state index in [1.807, 2.05) is 101 Å². The molecule has 0 aliphatic carbocycles. The molecule has 0 spiro atoms. The van der Waals surface area contributed by atoms with Crippen LogP contribution in [0.3, 0.4) is 0 Å². The Balaban J connectivity index is 1.57. The van der Waals surface area contributed by atoms with Crippen LogP contribution >= 0.6 is 22.6 Å². The molecule has 1 saturated heterocycles. The number of aliphatic hydroxyl groups is 1. The second-order valence-electron chi connectivity index (χ2n) is 9.71. The summed E-state index contributed by atoms with van der Waals surface area (Å²) in [5.74, 6) is 1.38. The van der Waals surface area contributed by atoms with Gasteiger partial charge in [0, 0.05) is 13.3 Å². The van der Waals surface area contributed by atoms with Gasteiger partial charge in [-0.2, -0.15) is 0 Å². The van der Waals surface area contributed by atoms with E-state index in [1.165, 1.54) is 17.9 Å². The summed E-state index contributed by atoms with van der Waals surface area (Å²) in [5, 5.41) is 11.3. The molecule has 1 aliphatic rings. The molecule has 0 saturated carbocycles. The molecule has 220 valence electrons. The summed E-state index contributed by atoms with van der Waals surface area (Å²) < 4.78 is 31.0. The monoisotopic (exact) mass is 686 g/mol. The predicted molar refractivity (Wildman–Crippen MR) is 163 cm³/mol. The van der Waals surface area contributed by atoms with Crippen LogP contribution in [-0.4, -0.2) is 60.9 Å². The molecule has 1 fully saturated rings. The number of hydrogen-bond donors (Lipinski definition) is 2. The molecule has 3 aromatic carbocycles. The summed E-state index contributed by atoms with van der Waals surface area (Å²) in [6.45, 7) is -0.0698. The molecule has 1 aromatic heterocycles. The van der Waals surface area contributed by atoms with E-state index in [9.17, 15) is 14.7 Å². The van der Waals surface area contributed by atoms with Crippen LogP contribution in [0, 0.1) is 3.57 Å². The highest BCUT2D eigenvalue weighted by atomic mass is 127. The van der Waals surface area contributed by atoms with E-state index in [1.54, 1.807) is 14.2 Å². The minimum Gasteiger partial charge on any atom is -0.497 e. The van der Waals surface area contributed by atoms with E-state index in [0.717, 1.165) is 16.7 Å². The Hall–Kier alpha value is -3.49. The van der Waals surface area contributed by atoms with Gasteiger partial charge in [0.15, 0.2) is 6.23 Å². The number of aromatic nitrogens is 2. The first-order valence-electron chi connectivity index (χ1n) is 13.2. The maximum Gasteiger partial charge on any atom is 0.330 e. The van der Waals surface area contributed by atoms with Crippen molar-refractivity contribution in [1.82, 2.24) is 9.55 Å². The largest absolute Gasteiger partial charge is 0.497 e. The van der Waals surface area contributed by atoms with E-state index in [2.05, 4.69) is 4.98 Å². The number of aliphatic hydroxyl groups excluding tert-OH is 1. The van der Waals surface area contributed by atoms with Gasteiger partial charge in [-0.15, -0.1) is 0 Å². The Kier molecular flexibility index (Phi) is 9.13. The Morgan fingerprint density at radius 3 is 1.95 bits per heavy atom. The van der Waals surface area contributed by atoms with E-state index in [0.29, 0.717) is 15.1 Å². The molecule has 0 amide bonds. The number of methoxy groups -OCH3 is 3. The lowest BCUT2D eigenvalue weighted by atomic mass is 9.80. The van der Waals surface area contributed by atoms with Crippen molar-refractivity contribution in [3.05, 3.63) is 126 Å². The molecule has 2 N–H and O–H groups in total. The van der Waals surface area contributed by atoms with Crippen molar-refractivity contribution in [3.63, 3.8) is 0 Å². The van der Waals surface area contributed by atoms with E-state index in [4.69, 9.17) is 23.7 Å². The second-order valence-corrected chi connectivity index (χ2v) is 10.9. The molecule has 4 atom stereocenters. The first-order valence-corrected chi connectivity index (χ1v) is 14.3. The molecule has 0 radical (unpaired) electrons. The number of hydrogen-bond acceptors (Lipinski definition) is 8. The standard InChI is InChI=1S/C31H31IN2O8/c1-38-22-13-9-20(10-14-22)31(19-7-5-4-6-8-19,21-11-15-23(39-2)16-12-21)41-18-25-26(35)27(40-3)29(42-25)34-17-24(32)28(36)33-30(34)37/h4-17,25-27,29,35H,18H2,1-3H3,(H,33,36,37)/t25-,26?,27+,29-/m1/s1. The average Bonchev–Trinajstić information content (AvgIpc) is 3.34. The quantitative estimate of drug-likeness (QED) is 0.193. The molecule has 5 rings (SSSR count). The summed E-state index contributed by atoms with van der Waals surface area (Å²) in [6.07, 6.45) is -2.53. The lowest BCUT2D eigenvalue weighted by Gasteiger charge is -2.37. The van der Waals surface area contributed by atoms with Gasteiger partial charge in [0.2, 0.25) is 0 Å². The van der Waals surface area contributed by atoms with Crippen molar-refractivity contribution in [2.75, 3.05) is 27.9 Å². The molecular formula is C31H31IN2O8. The highest BCUT2D eigenvalue weighted by Crippen LogP contribution is 2.43. The first kappa shape index (κ1) is 30.0. The van der Waals surface area contributed by atoms with Crippen molar-refractivity contribution < 1.29 is 28.8 Å². The van der Waals surface area contributed by atoms with Crippen LogP contribution in [0.5, 0.6) is 11.5 Å². The summed E-state index contributed by atoms with van der Waals surface area (Å²) in [7, 11) is 4.64. The zero-order chi connectivity index (χ0) is 29.9. The highest BCUT2D eigenvalue weighted by molar-refractivity contribution is 14.1. The summed E-state index contributed by atoms with van der Waals surface area (Å²) in [6, 6.07) is 24.9. The molecule has 42 heavy (non-hydrogen) atoms. The van der Waals surface area contributed by atoms with Gasteiger partial charge in [-0.3, -0.25) is 14.3 Å². The fourth-order valence-corrected chi connectivity index (χ4v) is 5.70. The molecule has 1 aliphatic heterocycles. The average molecular weight is 686 g/mol. The van der Waals surface area contributed by atoms with E-state index < -0.39 is 41.4 Å². The lowest BCUT2D eigenvalue weighted by molar-refractivity contribution is -0.0967. The van der Waals surface area contributed by atoms with Gasteiger partial charge >= 0.3 is 5.69 Å². The summed E-state index contributed by atoms with van der Waals surface area (Å²) in [4.78, 5) is 26.9. The molecule has 1 unspecified atom stereocenters. The van der Waals surface area contributed by atoms with Crippen molar-refractivity contribution in [2.45, 2.75) is 30.1 Å². The van der Waals surface area contributed by atoms with E-state index >= 15 is 0 Å². The predicted octanol–water partition coefficient (Wildman–Crippen LogP) is 3.44. The second kappa shape index (κ2) is 12.8. The van der Waals surface area contributed by atoms with Gasteiger partial charge < -0.3 is 28.8 Å². The number of H-pyrrole nitrogens is 1. The smallest absolute Gasteiger partial charge is 0.330 e. The van der Waals surface area contributed by atoms with Crippen molar-refractivity contribution in [3.8, 4) is 11.5 Å². The topological polar surface area (TPSA) is 121 Å². The normalized spacial score (nSPS) is 20.4. The van der Waals surface area contributed by atoms with Crippen molar-refractivity contribution in [1.29, 1.82) is 0 Å². The Bertz CT molecular complexity index is 1560. The lowest BCUT2D eigenvalue weighted by Crippen LogP contribution is -2.40. The number of rotatable bonds is 10. The fraction of sp³-hybridized carbons (Fsp3) is 0.290. The zero-order valence-electron chi connectivity index (χ0n) is 23.2. The Morgan fingerprint density at radius 1 is 0.881 bits per heavy atom. The zero-order valence-corrected chi connectivity index (χ0v) is 25.4. The number of aromatic amines is 1. The number of nitrogens with zero attached hydrogens (tertiary/aromatic N) is 1. The Labute approximate surface area is 255 Å². The van der Waals surface area contributed by atoms with Gasteiger partial charge in [-0.1, -0.05) is 54.6 Å². The van der Waals surface area contributed by atoms with Crippen LogP contribution < -0.4 is 20.7 Å².